The Morgan fingerprint density at radius 2 is 2.00 bits per heavy atom. The van der Waals surface area contributed by atoms with E-state index >= 15 is 0 Å². The Morgan fingerprint density at radius 3 is 2.66 bits per heavy atom. The number of oxime groups is 1. The summed E-state index contributed by atoms with van der Waals surface area (Å²) in [7, 11) is 0. The Kier molecular flexibility index (Phi) is 5.39. The number of hydrogen-bond acceptors (Lipinski definition) is 8. The lowest BCUT2D eigenvalue weighted by molar-refractivity contribution is -0.159. The lowest BCUT2D eigenvalue weighted by Gasteiger charge is -2.35. The fraction of sp³-hybridized carbons (Fsp3) is 0.400. The van der Waals surface area contributed by atoms with Crippen LogP contribution >= 0.6 is 0 Å². The monoisotopic (exact) mass is 400 g/mol. The Balaban J connectivity index is 1.29. The van der Waals surface area contributed by atoms with Crippen molar-refractivity contribution in [2.75, 3.05) is 18.0 Å². The Labute approximate surface area is 167 Å². The molecule has 2 aliphatic rings. The number of nitrogens with zero attached hydrogens (tertiary/aromatic N) is 4. The van der Waals surface area contributed by atoms with Gasteiger partial charge in [-0.3, -0.25) is 4.79 Å². The van der Waals surface area contributed by atoms with Crippen molar-refractivity contribution >= 4 is 17.6 Å². The zero-order valence-electron chi connectivity index (χ0n) is 15.9. The SMILES string of the molecule is CC(=O)OC1CC(ON=C2CN(c3ncc(-c4cccc(CO)c4F)cn3)C2)C1. The zero-order valence-corrected chi connectivity index (χ0v) is 15.9. The lowest BCUT2D eigenvalue weighted by Crippen LogP contribution is -2.49. The van der Waals surface area contributed by atoms with Crippen molar-refractivity contribution in [2.24, 2.45) is 5.16 Å². The van der Waals surface area contributed by atoms with E-state index in [1.807, 2.05) is 4.90 Å². The molecule has 9 heteroatoms. The molecule has 1 saturated heterocycles. The number of hydrogen-bond donors (Lipinski definition) is 1. The van der Waals surface area contributed by atoms with E-state index in [-0.39, 0.29) is 30.3 Å². The van der Waals surface area contributed by atoms with Gasteiger partial charge in [0.15, 0.2) is 0 Å². The molecule has 1 aromatic carbocycles. The summed E-state index contributed by atoms with van der Waals surface area (Å²) in [5.41, 5.74) is 2.03. The van der Waals surface area contributed by atoms with Gasteiger partial charge in [0.2, 0.25) is 5.95 Å². The number of esters is 1. The minimum Gasteiger partial charge on any atom is -0.462 e. The Morgan fingerprint density at radius 1 is 1.28 bits per heavy atom. The summed E-state index contributed by atoms with van der Waals surface area (Å²) in [5, 5.41) is 13.3. The molecular formula is C20H21FN4O4. The van der Waals surface area contributed by atoms with Crippen LogP contribution in [0.5, 0.6) is 0 Å². The van der Waals surface area contributed by atoms with E-state index in [2.05, 4.69) is 15.1 Å². The van der Waals surface area contributed by atoms with Gasteiger partial charge in [-0.15, -0.1) is 0 Å². The molecule has 0 radical (unpaired) electrons. The van der Waals surface area contributed by atoms with Crippen LogP contribution in [0.1, 0.15) is 25.3 Å². The molecule has 1 aliphatic heterocycles. The molecule has 2 fully saturated rings. The van der Waals surface area contributed by atoms with E-state index in [1.54, 1.807) is 24.5 Å². The molecule has 29 heavy (non-hydrogen) atoms. The number of aliphatic hydroxyl groups is 1. The van der Waals surface area contributed by atoms with Gasteiger partial charge in [0.25, 0.3) is 0 Å². The number of aliphatic hydroxyl groups excluding tert-OH is 1. The average molecular weight is 400 g/mol. The van der Waals surface area contributed by atoms with Crippen LogP contribution in [0.3, 0.4) is 0 Å². The molecule has 152 valence electrons. The van der Waals surface area contributed by atoms with Gasteiger partial charge in [0, 0.05) is 48.8 Å². The molecule has 0 bridgehead atoms. The van der Waals surface area contributed by atoms with Gasteiger partial charge in [-0.2, -0.15) is 0 Å². The van der Waals surface area contributed by atoms with Gasteiger partial charge < -0.3 is 19.6 Å². The topological polar surface area (TPSA) is 97.1 Å². The van der Waals surface area contributed by atoms with E-state index < -0.39 is 5.82 Å². The van der Waals surface area contributed by atoms with Crippen LogP contribution in [0.2, 0.25) is 0 Å². The van der Waals surface area contributed by atoms with Gasteiger partial charge in [-0.25, -0.2) is 14.4 Å². The molecule has 0 amide bonds. The lowest BCUT2D eigenvalue weighted by atomic mass is 9.92. The highest BCUT2D eigenvalue weighted by Gasteiger charge is 2.34. The minimum absolute atomic E-state index is 0.0129. The minimum atomic E-state index is -0.464. The number of carbonyl (C=O) groups excluding carboxylic acids is 1. The average Bonchev–Trinajstić information content (AvgIpc) is 2.65. The maximum Gasteiger partial charge on any atom is 0.302 e. The molecular weight excluding hydrogens is 379 g/mol. The fourth-order valence-electron chi connectivity index (χ4n) is 3.23. The van der Waals surface area contributed by atoms with Crippen molar-refractivity contribution < 1.29 is 23.9 Å². The highest BCUT2D eigenvalue weighted by atomic mass is 19.1. The van der Waals surface area contributed by atoms with Gasteiger partial charge >= 0.3 is 5.97 Å². The van der Waals surface area contributed by atoms with Crippen LogP contribution in [-0.4, -0.2) is 52.1 Å². The van der Waals surface area contributed by atoms with Gasteiger partial charge in [0.1, 0.15) is 18.0 Å². The normalized spacial score (nSPS) is 20.5. The van der Waals surface area contributed by atoms with E-state index in [1.165, 1.54) is 13.0 Å². The van der Waals surface area contributed by atoms with Gasteiger partial charge in [-0.1, -0.05) is 23.4 Å². The summed E-state index contributed by atoms with van der Waals surface area (Å²) in [5.74, 6) is -0.206. The van der Waals surface area contributed by atoms with E-state index in [9.17, 15) is 14.3 Å². The molecule has 4 rings (SSSR count). The van der Waals surface area contributed by atoms with Crippen molar-refractivity contribution in [1.29, 1.82) is 0 Å². The number of anilines is 1. The second-order valence-corrected chi connectivity index (χ2v) is 7.15. The molecule has 0 atom stereocenters. The molecule has 8 nitrogen and oxygen atoms in total. The molecule has 2 heterocycles. The quantitative estimate of drug-likeness (QED) is 0.586. The van der Waals surface area contributed by atoms with Crippen molar-refractivity contribution in [3.05, 3.63) is 42.0 Å². The van der Waals surface area contributed by atoms with Crippen LogP contribution in [0, 0.1) is 5.82 Å². The molecule has 0 spiro atoms. The highest BCUT2D eigenvalue weighted by Crippen LogP contribution is 2.28. The third-order valence-corrected chi connectivity index (χ3v) is 4.94. The maximum atomic E-state index is 14.3. The van der Waals surface area contributed by atoms with Crippen molar-refractivity contribution in [1.82, 2.24) is 9.97 Å². The first-order chi connectivity index (χ1) is 14.0. The smallest absolute Gasteiger partial charge is 0.302 e. The zero-order chi connectivity index (χ0) is 20.4. The third-order valence-electron chi connectivity index (χ3n) is 4.94. The molecule has 1 N–H and O–H groups in total. The van der Waals surface area contributed by atoms with Crippen molar-refractivity contribution in [3.63, 3.8) is 0 Å². The van der Waals surface area contributed by atoms with E-state index in [0.29, 0.717) is 43.0 Å². The molecule has 0 unspecified atom stereocenters. The van der Waals surface area contributed by atoms with Crippen LogP contribution in [0.4, 0.5) is 10.3 Å². The number of aromatic nitrogens is 2. The second-order valence-electron chi connectivity index (χ2n) is 7.15. The number of carbonyl (C=O) groups is 1. The van der Waals surface area contributed by atoms with Crippen LogP contribution in [0.15, 0.2) is 35.7 Å². The molecule has 2 aromatic rings. The fourth-order valence-corrected chi connectivity index (χ4v) is 3.23. The van der Waals surface area contributed by atoms with Crippen molar-refractivity contribution in [3.8, 4) is 11.1 Å². The number of halogens is 1. The molecule has 1 saturated carbocycles. The van der Waals surface area contributed by atoms with E-state index in [4.69, 9.17) is 9.57 Å². The summed E-state index contributed by atoms with van der Waals surface area (Å²) in [6.45, 7) is 2.16. The summed E-state index contributed by atoms with van der Waals surface area (Å²) in [6.07, 6.45) is 4.39. The number of benzene rings is 1. The Hall–Kier alpha value is -3.07. The number of rotatable bonds is 6. The standard InChI is InChI=1S/C20H21FN4O4/c1-12(27)28-16-5-17(6-16)29-24-15-9-25(10-15)20-22-7-14(8-23-20)18-4-2-3-13(11-26)19(18)21/h2-4,7-8,16-17,26H,5-6,9-11H2,1H3. The second kappa shape index (κ2) is 8.12. The van der Waals surface area contributed by atoms with Crippen LogP contribution in [-0.2, 0) is 21.0 Å². The van der Waals surface area contributed by atoms with Gasteiger partial charge in [-0.05, 0) is 0 Å². The first-order valence-corrected chi connectivity index (χ1v) is 9.38. The third kappa shape index (κ3) is 4.19. The molecule has 1 aliphatic carbocycles. The summed E-state index contributed by atoms with van der Waals surface area (Å²) < 4.78 is 19.4. The molecule has 1 aromatic heterocycles. The summed E-state index contributed by atoms with van der Waals surface area (Å²) in [6, 6.07) is 4.86. The maximum absolute atomic E-state index is 14.3. The number of ether oxygens (including phenoxy) is 1. The Bertz CT molecular complexity index is 921. The van der Waals surface area contributed by atoms with Crippen LogP contribution in [0.25, 0.3) is 11.1 Å². The van der Waals surface area contributed by atoms with E-state index in [0.717, 1.165) is 5.71 Å². The predicted octanol–water partition coefficient (Wildman–Crippen LogP) is 2.06. The predicted molar refractivity (Wildman–Crippen MR) is 103 cm³/mol. The van der Waals surface area contributed by atoms with Gasteiger partial charge in [0.05, 0.1) is 25.4 Å². The largest absolute Gasteiger partial charge is 0.462 e. The summed E-state index contributed by atoms with van der Waals surface area (Å²) in [4.78, 5) is 26.9. The first kappa shape index (κ1) is 19.3. The van der Waals surface area contributed by atoms with Crippen molar-refractivity contribution in [2.45, 2.75) is 38.6 Å². The summed E-state index contributed by atoms with van der Waals surface area (Å²) >= 11 is 0. The first-order valence-electron chi connectivity index (χ1n) is 9.38. The van der Waals surface area contributed by atoms with Crippen LogP contribution < -0.4 is 4.90 Å². The highest BCUT2D eigenvalue weighted by molar-refractivity contribution is 5.98.